The summed E-state index contributed by atoms with van der Waals surface area (Å²) in [6.07, 6.45) is 0. The molecule has 0 radical (unpaired) electrons. The van der Waals surface area contributed by atoms with Gasteiger partial charge in [0.05, 0.1) is 5.69 Å². The Morgan fingerprint density at radius 3 is 2.81 bits per heavy atom. The highest BCUT2D eigenvalue weighted by atomic mass is 79.9. The van der Waals surface area contributed by atoms with Crippen molar-refractivity contribution in [3.8, 4) is 27.6 Å². The van der Waals surface area contributed by atoms with Gasteiger partial charge in [-0.05, 0) is 30.3 Å². The lowest BCUT2D eigenvalue weighted by atomic mass is 10.2. The van der Waals surface area contributed by atoms with Crippen LogP contribution < -0.4 is 5.73 Å². The predicted molar refractivity (Wildman–Crippen MR) is 105 cm³/mol. The molecule has 2 aromatic carbocycles. The van der Waals surface area contributed by atoms with Crippen LogP contribution in [0.15, 0.2) is 52.3 Å². The Bertz CT molecular complexity index is 1110. The molecule has 0 unspecified atom stereocenters. The van der Waals surface area contributed by atoms with Gasteiger partial charge in [0.25, 0.3) is 0 Å². The summed E-state index contributed by atoms with van der Waals surface area (Å²) in [4.78, 5) is 4.56. The van der Waals surface area contributed by atoms with E-state index in [2.05, 4.69) is 31.2 Å². The van der Waals surface area contributed by atoms with Crippen molar-refractivity contribution in [1.82, 2.24) is 20.0 Å². The number of benzene rings is 2. The molecule has 0 aliphatic carbocycles. The molecule has 4 aromatic rings. The van der Waals surface area contributed by atoms with E-state index in [1.807, 2.05) is 23.6 Å². The minimum Gasteiger partial charge on any atom is -0.382 e. The van der Waals surface area contributed by atoms with Crippen LogP contribution in [0, 0.1) is 5.82 Å². The molecule has 2 N–H and O–H groups in total. The van der Waals surface area contributed by atoms with Crippen LogP contribution in [-0.4, -0.2) is 20.0 Å². The van der Waals surface area contributed by atoms with Crippen molar-refractivity contribution in [2.24, 2.45) is 0 Å². The summed E-state index contributed by atoms with van der Waals surface area (Å²) in [5.74, 6) is -0.237. The standard InChI is InChI=1S/C17H10BrClFN5S/c18-10-4-5-14(12(20)7-10)25-16(21)15(23-24-25)17-22-13(8-26-17)9-2-1-3-11(19)6-9/h1-8H,21H2. The Labute approximate surface area is 165 Å². The second kappa shape index (κ2) is 6.79. The Hall–Kier alpha value is -2.29. The van der Waals surface area contributed by atoms with Gasteiger partial charge in [-0.15, -0.1) is 16.4 Å². The van der Waals surface area contributed by atoms with Crippen molar-refractivity contribution in [1.29, 1.82) is 0 Å². The van der Waals surface area contributed by atoms with Crippen molar-refractivity contribution < 1.29 is 4.39 Å². The summed E-state index contributed by atoms with van der Waals surface area (Å²) in [5, 5.41) is 11.2. The Morgan fingerprint density at radius 2 is 2.04 bits per heavy atom. The fraction of sp³-hybridized carbons (Fsp3) is 0. The summed E-state index contributed by atoms with van der Waals surface area (Å²) >= 11 is 10.6. The molecule has 4 rings (SSSR count). The molecule has 0 atom stereocenters. The molecule has 2 heterocycles. The molecule has 0 fully saturated rings. The molecule has 5 nitrogen and oxygen atoms in total. The summed E-state index contributed by atoms with van der Waals surface area (Å²) < 4.78 is 16.1. The summed E-state index contributed by atoms with van der Waals surface area (Å²) in [6, 6.07) is 12.0. The lowest BCUT2D eigenvalue weighted by molar-refractivity contribution is 0.607. The maximum Gasteiger partial charge on any atom is 0.165 e. The maximum absolute atomic E-state index is 14.2. The number of hydrogen-bond acceptors (Lipinski definition) is 5. The van der Waals surface area contributed by atoms with Gasteiger partial charge in [0.1, 0.15) is 16.5 Å². The van der Waals surface area contributed by atoms with Gasteiger partial charge in [-0.2, -0.15) is 4.68 Å². The highest BCUT2D eigenvalue weighted by Gasteiger charge is 2.18. The van der Waals surface area contributed by atoms with Crippen LogP contribution in [0.25, 0.3) is 27.6 Å². The molecule has 0 amide bonds. The van der Waals surface area contributed by atoms with Crippen molar-refractivity contribution in [3.05, 3.63) is 63.2 Å². The minimum atomic E-state index is -0.457. The summed E-state index contributed by atoms with van der Waals surface area (Å²) in [6.45, 7) is 0. The number of halogens is 3. The van der Waals surface area contributed by atoms with Gasteiger partial charge < -0.3 is 5.73 Å². The monoisotopic (exact) mass is 449 g/mol. The zero-order valence-corrected chi connectivity index (χ0v) is 16.2. The van der Waals surface area contributed by atoms with Crippen LogP contribution in [0.4, 0.5) is 10.2 Å². The third kappa shape index (κ3) is 3.11. The van der Waals surface area contributed by atoms with Crippen LogP contribution in [0.1, 0.15) is 0 Å². The van der Waals surface area contributed by atoms with E-state index in [-0.39, 0.29) is 11.5 Å². The van der Waals surface area contributed by atoms with Gasteiger partial charge in [-0.25, -0.2) is 9.37 Å². The second-order valence-electron chi connectivity index (χ2n) is 5.38. The molecule has 2 aromatic heterocycles. The second-order valence-corrected chi connectivity index (χ2v) is 7.59. The van der Waals surface area contributed by atoms with E-state index >= 15 is 0 Å². The predicted octanol–water partition coefficient (Wildman–Crippen LogP) is 5.20. The molecule has 0 saturated heterocycles. The van der Waals surface area contributed by atoms with E-state index in [0.717, 1.165) is 11.3 Å². The van der Waals surface area contributed by atoms with Crippen molar-refractivity contribution in [3.63, 3.8) is 0 Å². The fourth-order valence-electron chi connectivity index (χ4n) is 2.44. The first-order chi connectivity index (χ1) is 12.5. The Balaban J connectivity index is 1.73. The van der Waals surface area contributed by atoms with Gasteiger partial charge in [0.15, 0.2) is 11.5 Å². The zero-order chi connectivity index (χ0) is 18.3. The Kier molecular flexibility index (Phi) is 4.47. The number of hydrogen-bond donors (Lipinski definition) is 1. The van der Waals surface area contributed by atoms with E-state index in [0.29, 0.717) is 20.2 Å². The van der Waals surface area contributed by atoms with Crippen molar-refractivity contribution >= 4 is 44.7 Å². The molecule has 0 bridgehead atoms. The summed E-state index contributed by atoms with van der Waals surface area (Å²) in [7, 11) is 0. The molecular weight excluding hydrogens is 441 g/mol. The van der Waals surface area contributed by atoms with Crippen molar-refractivity contribution in [2.75, 3.05) is 5.73 Å². The Morgan fingerprint density at radius 1 is 1.19 bits per heavy atom. The molecule has 26 heavy (non-hydrogen) atoms. The van der Waals surface area contributed by atoms with Crippen LogP contribution >= 0.6 is 38.9 Å². The lowest BCUT2D eigenvalue weighted by Gasteiger charge is -2.04. The van der Waals surface area contributed by atoms with E-state index < -0.39 is 5.82 Å². The maximum atomic E-state index is 14.2. The average molecular weight is 451 g/mol. The van der Waals surface area contributed by atoms with E-state index in [4.69, 9.17) is 17.3 Å². The SMILES string of the molecule is Nc1c(-c2nc(-c3cccc(Cl)c3)cs2)nnn1-c1ccc(Br)cc1F. The largest absolute Gasteiger partial charge is 0.382 e. The molecular formula is C17H10BrClFN5S. The normalized spacial score (nSPS) is 11.0. The highest BCUT2D eigenvalue weighted by molar-refractivity contribution is 9.10. The van der Waals surface area contributed by atoms with Crippen LogP contribution in [0.5, 0.6) is 0 Å². The van der Waals surface area contributed by atoms with Gasteiger partial charge in [0.2, 0.25) is 0 Å². The summed E-state index contributed by atoms with van der Waals surface area (Å²) in [5.41, 5.74) is 8.43. The van der Waals surface area contributed by atoms with E-state index in [9.17, 15) is 4.39 Å². The first-order valence-corrected chi connectivity index (χ1v) is 9.46. The fourth-order valence-corrected chi connectivity index (χ4v) is 3.78. The molecule has 0 aliphatic heterocycles. The zero-order valence-electron chi connectivity index (χ0n) is 13.0. The molecule has 130 valence electrons. The highest BCUT2D eigenvalue weighted by Crippen LogP contribution is 2.32. The average Bonchev–Trinajstić information content (AvgIpc) is 3.22. The molecule has 0 aliphatic rings. The first kappa shape index (κ1) is 17.1. The molecule has 0 saturated carbocycles. The topological polar surface area (TPSA) is 69.6 Å². The third-order valence-electron chi connectivity index (χ3n) is 3.67. The van der Waals surface area contributed by atoms with Gasteiger partial charge in [-0.1, -0.05) is 44.9 Å². The van der Waals surface area contributed by atoms with Crippen LogP contribution in [0.3, 0.4) is 0 Å². The number of thiazole rings is 1. The number of nitrogen functional groups attached to an aromatic ring is 1. The lowest BCUT2D eigenvalue weighted by Crippen LogP contribution is -2.04. The number of rotatable bonds is 3. The van der Waals surface area contributed by atoms with Crippen LogP contribution in [0.2, 0.25) is 5.02 Å². The number of nitrogens with two attached hydrogens (primary N) is 1. The van der Waals surface area contributed by atoms with Gasteiger partial charge in [-0.3, -0.25) is 0 Å². The smallest absolute Gasteiger partial charge is 0.165 e. The first-order valence-electron chi connectivity index (χ1n) is 7.41. The van der Waals surface area contributed by atoms with Gasteiger partial charge >= 0.3 is 0 Å². The number of anilines is 1. The molecule has 9 heteroatoms. The van der Waals surface area contributed by atoms with E-state index in [1.54, 1.807) is 18.2 Å². The van der Waals surface area contributed by atoms with Crippen molar-refractivity contribution in [2.45, 2.75) is 0 Å². The number of aromatic nitrogens is 4. The minimum absolute atomic E-state index is 0.219. The third-order valence-corrected chi connectivity index (χ3v) is 5.25. The van der Waals surface area contributed by atoms with Gasteiger partial charge in [0, 0.05) is 20.4 Å². The van der Waals surface area contributed by atoms with Crippen LogP contribution in [-0.2, 0) is 0 Å². The van der Waals surface area contributed by atoms with E-state index in [1.165, 1.54) is 22.1 Å². The quantitative estimate of drug-likeness (QED) is 0.466. The number of nitrogens with zero attached hydrogens (tertiary/aromatic N) is 4. The molecule has 0 spiro atoms.